The molecular formula is C22H23F3N4O3S. The Kier molecular flexibility index (Phi) is 6.44. The minimum Gasteiger partial charge on any atom is -0.404 e. The summed E-state index contributed by atoms with van der Waals surface area (Å²) in [5.41, 5.74) is 0.931. The minimum absolute atomic E-state index is 0.110. The average molecular weight is 481 g/mol. The van der Waals surface area contributed by atoms with Gasteiger partial charge in [0.15, 0.2) is 0 Å². The molecule has 0 radical (unpaired) electrons. The summed E-state index contributed by atoms with van der Waals surface area (Å²) in [6, 6.07) is 13.7. The van der Waals surface area contributed by atoms with Crippen LogP contribution in [-0.4, -0.2) is 39.9 Å². The smallest absolute Gasteiger partial charge is 0.404 e. The molecule has 1 aliphatic heterocycles. The van der Waals surface area contributed by atoms with Crippen molar-refractivity contribution < 1.29 is 26.3 Å². The standard InChI is InChI=1S/C22H23F3N4O3S/c1-16-26-27-21-15-29(18(10-7-13-28(16)21)14-17-8-3-2-4-9-17)33(30,31)20-12-6-5-11-19(20)32-22(23,24)25/h2-6,8-9,11-12,18H,7,10,13-15H2,1H3/t18-/m0/s1. The molecule has 0 saturated heterocycles. The number of sulfonamides is 1. The maximum Gasteiger partial charge on any atom is 0.573 e. The van der Waals surface area contributed by atoms with Gasteiger partial charge in [0, 0.05) is 12.6 Å². The molecule has 0 unspecified atom stereocenters. The van der Waals surface area contributed by atoms with Gasteiger partial charge >= 0.3 is 6.36 Å². The number of para-hydroxylation sites is 1. The van der Waals surface area contributed by atoms with Gasteiger partial charge in [0.05, 0.1) is 6.54 Å². The number of fused-ring (bicyclic) bond motifs is 1. The third-order valence-electron chi connectivity index (χ3n) is 5.61. The molecule has 1 aromatic heterocycles. The summed E-state index contributed by atoms with van der Waals surface area (Å²) in [4.78, 5) is -0.538. The van der Waals surface area contributed by atoms with Gasteiger partial charge in [-0.05, 0) is 43.9 Å². The lowest BCUT2D eigenvalue weighted by atomic mass is 10.0. The minimum atomic E-state index is -5.03. The quantitative estimate of drug-likeness (QED) is 0.550. The van der Waals surface area contributed by atoms with Crippen molar-refractivity contribution in [3.8, 4) is 5.75 Å². The van der Waals surface area contributed by atoms with Crippen LogP contribution < -0.4 is 4.74 Å². The van der Waals surface area contributed by atoms with Crippen molar-refractivity contribution in [1.29, 1.82) is 0 Å². The summed E-state index contributed by atoms with van der Waals surface area (Å²) in [7, 11) is -4.38. The predicted octanol–water partition coefficient (Wildman–Crippen LogP) is 4.08. The van der Waals surface area contributed by atoms with Crippen LogP contribution in [-0.2, 0) is 29.5 Å². The van der Waals surface area contributed by atoms with E-state index in [0.29, 0.717) is 37.5 Å². The van der Waals surface area contributed by atoms with Crippen LogP contribution in [0.15, 0.2) is 59.5 Å². The number of nitrogens with zero attached hydrogens (tertiary/aromatic N) is 4. The SMILES string of the molecule is Cc1nnc2n1CCC[C@@H](Cc1ccccc1)N(S(=O)(=O)c1ccccc1OC(F)(F)F)C2. The first-order valence-corrected chi connectivity index (χ1v) is 11.9. The molecule has 7 nitrogen and oxygen atoms in total. The number of hydrogen-bond donors (Lipinski definition) is 0. The number of ether oxygens (including phenoxy) is 1. The number of benzene rings is 2. The fraction of sp³-hybridized carbons (Fsp3) is 0.364. The third kappa shape index (κ3) is 5.19. The highest BCUT2D eigenvalue weighted by Crippen LogP contribution is 2.34. The lowest BCUT2D eigenvalue weighted by molar-refractivity contribution is -0.275. The van der Waals surface area contributed by atoms with Gasteiger partial charge in [-0.1, -0.05) is 42.5 Å². The van der Waals surface area contributed by atoms with E-state index in [-0.39, 0.29) is 6.54 Å². The molecule has 176 valence electrons. The molecule has 0 fully saturated rings. The van der Waals surface area contributed by atoms with Crippen LogP contribution in [0.3, 0.4) is 0 Å². The summed E-state index contributed by atoms with van der Waals surface area (Å²) in [5, 5.41) is 8.20. The second-order valence-corrected chi connectivity index (χ2v) is 9.70. The molecule has 2 aromatic carbocycles. The Morgan fingerprint density at radius 3 is 2.48 bits per heavy atom. The van der Waals surface area contributed by atoms with Crippen LogP contribution >= 0.6 is 0 Å². The van der Waals surface area contributed by atoms with Crippen molar-refractivity contribution in [3.63, 3.8) is 0 Å². The molecule has 0 aliphatic carbocycles. The van der Waals surface area contributed by atoms with E-state index in [9.17, 15) is 21.6 Å². The van der Waals surface area contributed by atoms with Crippen LogP contribution in [0.2, 0.25) is 0 Å². The zero-order valence-electron chi connectivity index (χ0n) is 17.9. The fourth-order valence-electron chi connectivity index (χ4n) is 4.10. The molecule has 33 heavy (non-hydrogen) atoms. The van der Waals surface area contributed by atoms with Crippen LogP contribution in [0.1, 0.15) is 30.1 Å². The first kappa shape index (κ1) is 23.2. The molecule has 0 spiro atoms. The number of aromatic nitrogens is 3. The second-order valence-electron chi connectivity index (χ2n) is 7.85. The van der Waals surface area contributed by atoms with Gasteiger partial charge in [0.1, 0.15) is 22.3 Å². The molecule has 2 heterocycles. The monoisotopic (exact) mass is 480 g/mol. The molecule has 1 atom stereocenters. The van der Waals surface area contributed by atoms with Gasteiger partial charge in [-0.2, -0.15) is 4.31 Å². The Hall–Kier alpha value is -2.92. The largest absolute Gasteiger partial charge is 0.573 e. The Labute approximate surface area is 189 Å². The summed E-state index contributed by atoms with van der Waals surface area (Å²) in [5.74, 6) is 0.343. The number of halogens is 3. The Morgan fingerprint density at radius 2 is 1.76 bits per heavy atom. The van der Waals surface area contributed by atoms with E-state index >= 15 is 0 Å². The highest BCUT2D eigenvalue weighted by atomic mass is 32.2. The van der Waals surface area contributed by atoms with Gasteiger partial charge in [-0.3, -0.25) is 0 Å². The Bertz CT molecular complexity index is 1210. The van der Waals surface area contributed by atoms with Gasteiger partial charge in [-0.15, -0.1) is 23.4 Å². The van der Waals surface area contributed by atoms with Gasteiger partial charge in [0.25, 0.3) is 0 Å². The van der Waals surface area contributed by atoms with Crippen LogP contribution in [0.5, 0.6) is 5.75 Å². The first-order valence-electron chi connectivity index (χ1n) is 10.4. The van der Waals surface area contributed by atoms with E-state index in [0.717, 1.165) is 17.7 Å². The van der Waals surface area contributed by atoms with E-state index in [1.807, 2.05) is 34.9 Å². The number of alkyl halides is 3. The van der Waals surface area contributed by atoms with Gasteiger partial charge < -0.3 is 9.30 Å². The van der Waals surface area contributed by atoms with Gasteiger partial charge in [-0.25, -0.2) is 8.42 Å². The maximum absolute atomic E-state index is 13.8. The lowest BCUT2D eigenvalue weighted by Gasteiger charge is -2.33. The van der Waals surface area contributed by atoms with E-state index < -0.39 is 33.1 Å². The van der Waals surface area contributed by atoms with Crippen LogP contribution in [0.4, 0.5) is 13.2 Å². The normalized spacial score (nSPS) is 17.8. The zero-order chi connectivity index (χ0) is 23.6. The van der Waals surface area contributed by atoms with Crippen molar-refractivity contribution >= 4 is 10.0 Å². The van der Waals surface area contributed by atoms with Crippen LogP contribution in [0.25, 0.3) is 0 Å². The number of rotatable bonds is 5. The van der Waals surface area contributed by atoms with Gasteiger partial charge in [0.2, 0.25) is 10.0 Å². The van der Waals surface area contributed by atoms with Crippen molar-refractivity contribution in [1.82, 2.24) is 19.1 Å². The van der Waals surface area contributed by atoms with Crippen molar-refractivity contribution in [2.45, 2.75) is 56.6 Å². The summed E-state index contributed by atoms with van der Waals surface area (Å²) in [6.07, 6.45) is -3.43. The number of hydrogen-bond acceptors (Lipinski definition) is 5. The lowest BCUT2D eigenvalue weighted by Crippen LogP contribution is -2.43. The first-order chi connectivity index (χ1) is 15.6. The van der Waals surface area contributed by atoms with Crippen molar-refractivity contribution in [2.24, 2.45) is 0 Å². The molecule has 0 bridgehead atoms. The topological polar surface area (TPSA) is 77.3 Å². The molecule has 0 N–H and O–H groups in total. The molecule has 3 aromatic rings. The predicted molar refractivity (Wildman–Crippen MR) is 114 cm³/mol. The third-order valence-corrected chi connectivity index (χ3v) is 7.55. The summed E-state index contributed by atoms with van der Waals surface area (Å²) in [6.45, 7) is 2.31. The fourth-order valence-corrected chi connectivity index (χ4v) is 5.83. The highest BCUT2D eigenvalue weighted by molar-refractivity contribution is 7.89. The molecule has 0 amide bonds. The van der Waals surface area contributed by atoms with E-state index in [4.69, 9.17) is 0 Å². The summed E-state index contributed by atoms with van der Waals surface area (Å²) < 4.78 is 73.7. The maximum atomic E-state index is 13.8. The van der Waals surface area contributed by atoms with Crippen molar-refractivity contribution in [3.05, 3.63) is 71.8 Å². The van der Waals surface area contributed by atoms with E-state index in [2.05, 4.69) is 14.9 Å². The highest BCUT2D eigenvalue weighted by Gasteiger charge is 2.39. The van der Waals surface area contributed by atoms with E-state index in [1.165, 1.54) is 16.4 Å². The number of aryl methyl sites for hydroxylation is 1. The molecule has 1 aliphatic rings. The molecular weight excluding hydrogens is 457 g/mol. The molecule has 11 heteroatoms. The van der Waals surface area contributed by atoms with Crippen molar-refractivity contribution in [2.75, 3.05) is 0 Å². The average Bonchev–Trinajstić information content (AvgIpc) is 3.08. The van der Waals surface area contributed by atoms with E-state index in [1.54, 1.807) is 6.92 Å². The second kappa shape index (κ2) is 9.14. The van der Waals surface area contributed by atoms with Crippen LogP contribution in [0, 0.1) is 6.92 Å². The Balaban J connectivity index is 1.79. The zero-order valence-corrected chi connectivity index (χ0v) is 18.7. The Morgan fingerprint density at radius 1 is 1.06 bits per heavy atom. The molecule has 4 rings (SSSR count). The summed E-state index contributed by atoms with van der Waals surface area (Å²) >= 11 is 0. The molecule has 0 saturated carbocycles.